The summed E-state index contributed by atoms with van der Waals surface area (Å²) in [7, 11) is 1.61. The lowest BCUT2D eigenvalue weighted by molar-refractivity contribution is -0.135. The fraction of sp³-hybridized carbons (Fsp3) is 0.333. The van der Waals surface area contributed by atoms with E-state index >= 15 is 0 Å². The molecule has 2 amide bonds. The van der Waals surface area contributed by atoms with Gasteiger partial charge in [-0.15, -0.1) is 0 Å². The molecule has 8 rings (SSSR count). The molecule has 0 saturated carbocycles. The van der Waals surface area contributed by atoms with Crippen molar-refractivity contribution in [2.45, 2.75) is 63.9 Å². The number of rotatable bonds is 7. The molecule has 3 aromatic carbocycles. The van der Waals surface area contributed by atoms with E-state index in [0.717, 1.165) is 33.7 Å². The van der Waals surface area contributed by atoms with Crippen LogP contribution in [-0.2, 0) is 21.4 Å². The Morgan fingerprint density at radius 1 is 1.02 bits per heavy atom. The second-order valence-electron chi connectivity index (χ2n) is 14.0. The molecule has 4 bridgehead atoms. The first-order valence-corrected chi connectivity index (χ1v) is 17.1. The second kappa shape index (κ2) is 12.3. The van der Waals surface area contributed by atoms with E-state index in [2.05, 4.69) is 16.0 Å². The number of methoxy groups -OCH3 is 1. The molecule has 51 heavy (non-hydrogen) atoms. The van der Waals surface area contributed by atoms with Gasteiger partial charge >= 0.3 is 0 Å². The van der Waals surface area contributed by atoms with Crippen LogP contribution in [0.5, 0.6) is 11.5 Å². The Hall–Kier alpha value is -5.62. The summed E-state index contributed by atoms with van der Waals surface area (Å²) < 4.78 is 25.3. The van der Waals surface area contributed by atoms with Gasteiger partial charge in [0.1, 0.15) is 35.1 Å². The Morgan fingerprint density at radius 2 is 1.80 bits per heavy atom. The minimum absolute atomic E-state index is 0.167. The van der Waals surface area contributed by atoms with Crippen molar-refractivity contribution >= 4 is 17.5 Å². The molecule has 3 aliphatic heterocycles. The molecule has 5 heterocycles. The Balaban J connectivity index is 1.34. The average molecular weight is 690 g/mol. The largest absolute Gasteiger partial charge is 0.497 e. The standard InChI is InChI=1S/C39H39N5O7/c1-19(2)30-37-44-31(36-40-18-29(49-36)22-11-13-23(48-5)14-12-22)33(51-37)39-24-8-6-7-9-26(24)42-38(39)50-28-15-10-21(16-25(28)39)17-27(34(46)43-30)41-35(47)32(45)20(3)4/h6-16,18-20,27,30,32,38,42,45H,17H2,1-5H3,(H,41,47)(H,43,46)/t27?,30?,32-,38?,39?/m0/s1. The van der Waals surface area contributed by atoms with Crippen LogP contribution in [-0.4, -0.2) is 52.4 Å². The van der Waals surface area contributed by atoms with Crippen LogP contribution in [0.2, 0.25) is 0 Å². The number of aliphatic hydroxyl groups excluding tert-OH is 1. The summed E-state index contributed by atoms with van der Waals surface area (Å²) in [5.74, 6) is 1.27. The molecule has 12 heteroatoms. The Kier molecular flexibility index (Phi) is 7.86. The minimum atomic E-state index is -1.28. The van der Waals surface area contributed by atoms with Gasteiger partial charge in [-0.3, -0.25) is 9.59 Å². The number of carbonyl (C=O) groups excluding carboxylic acids is 2. The summed E-state index contributed by atoms with van der Waals surface area (Å²) in [4.78, 5) is 37.0. The second-order valence-corrected chi connectivity index (χ2v) is 14.0. The van der Waals surface area contributed by atoms with Gasteiger partial charge in [0.25, 0.3) is 0 Å². The molecule has 0 fully saturated rings. The predicted molar refractivity (Wildman–Crippen MR) is 187 cm³/mol. The van der Waals surface area contributed by atoms with Gasteiger partial charge in [-0.1, -0.05) is 58.0 Å². The van der Waals surface area contributed by atoms with Gasteiger partial charge < -0.3 is 39.4 Å². The number of para-hydroxylation sites is 1. The van der Waals surface area contributed by atoms with Crippen LogP contribution in [0.3, 0.4) is 0 Å². The Bertz CT molecular complexity index is 2140. The van der Waals surface area contributed by atoms with Crippen LogP contribution in [0.25, 0.3) is 22.9 Å². The molecule has 1 spiro atoms. The maximum atomic E-state index is 14.1. The highest BCUT2D eigenvalue weighted by Gasteiger charge is 2.61. The van der Waals surface area contributed by atoms with Gasteiger partial charge in [-0.05, 0) is 59.4 Å². The maximum absolute atomic E-state index is 14.1. The predicted octanol–water partition coefficient (Wildman–Crippen LogP) is 5.35. The van der Waals surface area contributed by atoms with Crippen molar-refractivity contribution in [3.05, 3.63) is 101 Å². The number of benzene rings is 3. The van der Waals surface area contributed by atoms with E-state index in [0.29, 0.717) is 23.0 Å². The molecule has 0 radical (unpaired) electrons. The molecule has 4 unspecified atom stereocenters. The third kappa shape index (κ3) is 5.24. The van der Waals surface area contributed by atoms with Gasteiger partial charge in [-0.25, -0.2) is 9.97 Å². The van der Waals surface area contributed by atoms with Crippen molar-refractivity contribution in [1.29, 1.82) is 0 Å². The third-order valence-electron chi connectivity index (χ3n) is 10.0. The number of nitrogens with one attached hydrogen (secondary N) is 3. The van der Waals surface area contributed by atoms with Gasteiger partial charge in [0.2, 0.25) is 23.6 Å². The monoisotopic (exact) mass is 689 g/mol. The zero-order valence-corrected chi connectivity index (χ0v) is 28.9. The molecule has 5 atom stereocenters. The topological polar surface area (TPSA) is 161 Å². The average Bonchev–Trinajstić information content (AvgIpc) is 3.91. The van der Waals surface area contributed by atoms with Crippen molar-refractivity contribution in [2.24, 2.45) is 11.8 Å². The van der Waals surface area contributed by atoms with Gasteiger partial charge in [0.15, 0.2) is 23.4 Å². The molecule has 5 aromatic rings. The highest BCUT2D eigenvalue weighted by atomic mass is 16.5. The fourth-order valence-electron chi connectivity index (χ4n) is 7.28. The quantitative estimate of drug-likeness (QED) is 0.175. The summed E-state index contributed by atoms with van der Waals surface area (Å²) in [6.07, 6.45) is -0.0703. The summed E-state index contributed by atoms with van der Waals surface area (Å²) in [6.45, 7) is 7.40. The maximum Gasteiger partial charge on any atom is 0.249 e. The number of hydrogen-bond acceptors (Lipinski definition) is 10. The first kappa shape index (κ1) is 32.6. The van der Waals surface area contributed by atoms with Crippen molar-refractivity contribution in [3.63, 3.8) is 0 Å². The Morgan fingerprint density at radius 3 is 2.55 bits per heavy atom. The summed E-state index contributed by atoms with van der Waals surface area (Å²) >= 11 is 0. The Labute approximate surface area is 294 Å². The fourth-order valence-corrected chi connectivity index (χ4v) is 7.28. The van der Waals surface area contributed by atoms with E-state index in [1.165, 1.54) is 0 Å². The smallest absolute Gasteiger partial charge is 0.249 e. The minimum Gasteiger partial charge on any atom is -0.497 e. The molecular formula is C39H39N5O7. The third-order valence-corrected chi connectivity index (χ3v) is 10.0. The van der Waals surface area contributed by atoms with Gasteiger partial charge in [0, 0.05) is 23.2 Å². The van der Waals surface area contributed by atoms with Gasteiger partial charge in [0.05, 0.1) is 13.3 Å². The molecular weight excluding hydrogens is 650 g/mol. The van der Waals surface area contributed by atoms with Crippen LogP contribution >= 0.6 is 0 Å². The molecule has 3 aliphatic rings. The molecule has 4 N–H and O–H groups in total. The van der Waals surface area contributed by atoms with Crippen molar-refractivity contribution in [3.8, 4) is 34.4 Å². The molecule has 2 aromatic heterocycles. The van der Waals surface area contributed by atoms with Crippen LogP contribution in [0.15, 0.2) is 81.8 Å². The summed E-state index contributed by atoms with van der Waals surface area (Å²) in [5.41, 5.74) is 3.53. The highest BCUT2D eigenvalue weighted by molar-refractivity contribution is 5.90. The van der Waals surface area contributed by atoms with E-state index in [-0.39, 0.29) is 30.0 Å². The van der Waals surface area contributed by atoms with E-state index < -0.39 is 41.6 Å². The van der Waals surface area contributed by atoms with E-state index in [9.17, 15) is 14.7 Å². The van der Waals surface area contributed by atoms with Crippen LogP contribution < -0.4 is 25.4 Å². The highest BCUT2D eigenvalue weighted by Crippen LogP contribution is 2.59. The summed E-state index contributed by atoms with van der Waals surface area (Å²) in [6, 6.07) is 19.5. The number of ether oxygens (including phenoxy) is 2. The number of carbonyl (C=O) groups is 2. The number of amides is 2. The van der Waals surface area contributed by atoms with E-state index in [1.807, 2.05) is 80.6 Å². The zero-order chi connectivity index (χ0) is 35.6. The van der Waals surface area contributed by atoms with E-state index in [1.54, 1.807) is 27.2 Å². The molecule has 0 saturated heterocycles. The number of aromatic nitrogens is 2. The lowest BCUT2D eigenvalue weighted by Gasteiger charge is -2.29. The lowest BCUT2D eigenvalue weighted by Crippen LogP contribution is -2.52. The lowest BCUT2D eigenvalue weighted by atomic mass is 9.72. The molecule has 12 nitrogen and oxygen atoms in total. The van der Waals surface area contributed by atoms with Gasteiger partial charge in [-0.2, -0.15) is 0 Å². The van der Waals surface area contributed by atoms with Crippen LogP contribution in [0, 0.1) is 11.8 Å². The number of nitrogens with zero attached hydrogens (tertiary/aromatic N) is 2. The van der Waals surface area contributed by atoms with E-state index in [4.69, 9.17) is 28.3 Å². The van der Waals surface area contributed by atoms with Crippen LogP contribution in [0.1, 0.15) is 62.1 Å². The van der Waals surface area contributed by atoms with Crippen molar-refractivity contribution in [1.82, 2.24) is 20.6 Å². The normalized spacial score (nSPS) is 22.2. The first-order chi connectivity index (χ1) is 24.6. The van der Waals surface area contributed by atoms with Crippen LogP contribution in [0.4, 0.5) is 5.69 Å². The number of hydrogen-bond donors (Lipinski definition) is 4. The first-order valence-electron chi connectivity index (χ1n) is 17.1. The molecule has 0 aliphatic carbocycles. The number of fused-ring (bicyclic) bond motifs is 4. The van der Waals surface area contributed by atoms with Crippen molar-refractivity contribution in [2.75, 3.05) is 12.4 Å². The van der Waals surface area contributed by atoms with Crippen molar-refractivity contribution < 1.29 is 33.0 Å². The summed E-state index contributed by atoms with van der Waals surface area (Å²) in [5, 5.41) is 20.0. The number of anilines is 1. The number of aliphatic hydroxyl groups is 1. The molecule has 262 valence electrons. The SMILES string of the molecule is COc1ccc(-c2cnc(-c3nc4oc3C35c6ccccc6NC3Oc3ccc(cc35)CC(NC(=O)[C@@H](O)C(C)C)C(=O)NC4C(C)C)o2)cc1. The number of oxazole rings is 2. The zero-order valence-electron chi connectivity index (χ0n) is 28.9.